The zero-order valence-electron chi connectivity index (χ0n) is 26.1. The van der Waals surface area contributed by atoms with Crippen LogP contribution in [0, 0.1) is 5.92 Å². The minimum atomic E-state index is -2.21. The van der Waals surface area contributed by atoms with Crippen LogP contribution in [0.4, 0.5) is 0 Å². The van der Waals surface area contributed by atoms with Crippen LogP contribution in [0.5, 0.6) is 5.75 Å². The van der Waals surface area contributed by atoms with Crippen molar-refractivity contribution < 1.29 is 29.3 Å². The van der Waals surface area contributed by atoms with E-state index in [1.54, 1.807) is 6.08 Å². The van der Waals surface area contributed by atoms with Crippen molar-refractivity contribution in [1.29, 1.82) is 0 Å². The topological polar surface area (TPSA) is 113 Å². The Morgan fingerprint density at radius 3 is 2.19 bits per heavy atom. The highest BCUT2D eigenvalue weighted by atomic mass is 16.5. The normalized spacial score (nSPS) is 16.2. The van der Waals surface area contributed by atoms with Crippen LogP contribution in [0.25, 0.3) is 0 Å². The Morgan fingerprint density at radius 1 is 0.952 bits per heavy atom. The van der Waals surface area contributed by atoms with Crippen molar-refractivity contribution in [2.75, 3.05) is 6.54 Å². The average molecular weight is 586 g/mol. The number of hydrogen-bond donors (Lipinski definition) is 3. The van der Waals surface area contributed by atoms with Gasteiger partial charge in [0, 0.05) is 19.4 Å². The Morgan fingerprint density at radius 2 is 1.57 bits per heavy atom. The molecular weight excluding hydrogens is 530 g/mol. The van der Waals surface area contributed by atoms with Crippen LogP contribution in [0.1, 0.15) is 129 Å². The molecule has 1 aromatic rings. The summed E-state index contributed by atoms with van der Waals surface area (Å²) in [7, 11) is 0. The SMILES string of the molecule is CCCCCCCC(=O)CCCCCCC=C[C@H](C(=O)NCCc1ccc(OC2CCCCC2)cc1)[C@](C)(O)C(=O)O. The number of aliphatic hydroxyl groups is 1. The van der Waals surface area contributed by atoms with Crippen molar-refractivity contribution in [1.82, 2.24) is 5.32 Å². The molecule has 42 heavy (non-hydrogen) atoms. The standard InChI is InChI=1S/C35H55NO6/c1-3-4-5-8-12-17-29(37)18-13-9-6-7-10-16-21-32(35(2,41)34(39)40)33(38)36-27-26-28-22-24-31(25-23-28)42-30-19-14-11-15-20-30/h16,21-25,30,32,41H,3-15,17-20,26-27H2,1-2H3,(H,36,38)(H,39,40)/t32-,35+/m1/s1. The van der Waals surface area contributed by atoms with Crippen molar-refractivity contribution in [3.05, 3.63) is 42.0 Å². The number of amides is 1. The van der Waals surface area contributed by atoms with Gasteiger partial charge in [0.15, 0.2) is 5.60 Å². The lowest BCUT2D eigenvalue weighted by atomic mass is 9.87. The molecule has 0 bridgehead atoms. The van der Waals surface area contributed by atoms with E-state index in [0.29, 0.717) is 44.1 Å². The van der Waals surface area contributed by atoms with E-state index in [0.717, 1.165) is 69.6 Å². The summed E-state index contributed by atoms with van der Waals surface area (Å²) in [5, 5.41) is 22.9. The molecule has 2 rings (SSSR count). The van der Waals surface area contributed by atoms with Gasteiger partial charge in [0.05, 0.1) is 12.0 Å². The predicted molar refractivity (Wildman–Crippen MR) is 168 cm³/mol. The first-order chi connectivity index (χ1) is 20.2. The fourth-order valence-electron chi connectivity index (χ4n) is 5.43. The van der Waals surface area contributed by atoms with Gasteiger partial charge in [-0.1, -0.05) is 76.2 Å². The van der Waals surface area contributed by atoms with E-state index in [9.17, 15) is 24.6 Å². The molecule has 0 radical (unpaired) electrons. The summed E-state index contributed by atoms with van der Waals surface area (Å²) in [6.07, 6.45) is 21.7. The van der Waals surface area contributed by atoms with Crippen molar-refractivity contribution in [3.8, 4) is 5.75 Å². The maximum Gasteiger partial charge on any atom is 0.336 e. The number of benzene rings is 1. The number of aliphatic carboxylic acids is 1. The van der Waals surface area contributed by atoms with Crippen molar-refractivity contribution in [2.24, 2.45) is 5.92 Å². The molecule has 0 unspecified atom stereocenters. The number of Topliss-reactive ketones (excluding diaryl/α,β-unsaturated/α-hetero) is 1. The monoisotopic (exact) mass is 585 g/mol. The number of carboxylic acid groups (broad SMARTS) is 1. The van der Waals surface area contributed by atoms with Crippen LogP contribution < -0.4 is 10.1 Å². The molecular formula is C35H55NO6. The first kappa shape index (κ1) is 35.5. The maximum atomic E-state index is 12.9. The molecule has 1 aromatic carbocycles. The second-order valence-corrected chi connectivity index (χ2v) is 12.1. The highest BCUT2D eigenvalue weighted by Crippen LogP contribution is 2.24. The summed E-state index contributed by atoms with van der Waals surface area (Å²) < 4.78 is 6.08. The van der Waals surface area contributed by atoms with E-state index < -0.39 is 23.4 Å². The maximum absolute atomic E-state index is 12.9. The molecule has 0 saturated heterocycles. The zero-order valence-corrected chi connectivity index (χ0v) is 26.1. The Labute approximate surface area is 253 Å². The van der Waals surface area contributed by atoms with Gasteiger partial charge in [-0.25, -0.2) is 4.79 Å². The molecule has 1 amide bonds. The largest absolute Gasteiger partial charge is 0.490 e. The highest BCUT2D eigenvalue weighted by molar-refractivity contribution is 5.90. The Hall–Kier alpha value is -2.67. The van der Waals surface area contributed by atoms with Crippen LogP contribution in [-0.4, -0.2) is 46.1 Å². The fourth-order valence-corrected chi connectivity index (χ4v) is 5.43. The number of carbonyl (C=O) groups is 3. The highest BCUT2D eigenvalue weighted by Gasteiger charge is 2.42. The van der Waals surface area contributed by atoms with E-state index in [2.05, 4.69) is 12.2 Å². The summed E-state index contributed by atoms with van der Waals surface area (Å²) in [5.74, 6) is -1.92. The van der Waals surface area contributed by atoms with E-state index in [4.69, 9.17) is 4.74 Å². The molecule has 1 aliphatic rings. The van der Waals surface area contributed by atoms with Gasteiger partial charge in [0.25, 0.3) is 0 Å². The number of carboxylic acids is 1. The van der Waals surface area contributed by atoms with E-state index in [-0.39, 0.29) is 0 Å². The second-order valence-electron chi connectivity index (χ2n) is 12.1. The second kappa shape index (κ2) is 20.3. The van der Waals surface area contributed by atoms with Gasteiger partial charge in [-0.2, -0.15) is 0 Å². The van der Waals surface area contributed by atoms with Crippen LogP contribution in [0.15, 0.2) is 36.4 Å². The van der Waals surface area contributed by atoms with Gasteiger partial charge in [0.1, 0.15) is 11.5 Å². The van der Waals surface area contributed by atoms with Crippen LogP contribution >= 0.6 is 0 Å². The van der Waals surface area contributed by atoms with Crippen molar-refractivity contribution in [2.45, 2.75) is 141 Å². The molecule has 3 N–H and O–H groups in total. The lowest BCUT2D eigenvalue weighted by Crippen LogP contribution is -2.49. The number of allylic oxidation sites excluding steroid dienone is 1. The Balaban J connectivity index is 1.70. The number of ketones is 1. The molecule has 236 valence electrons. The molecule has 0 aromatic heterocycles. The lowest BCUT2D eigenvalue weighted by Gasteiger charge is -2.26. The average Bonchev–Trinajstić information content (AvgIpc) is 2.97. The number of carbonyl (C=O) groups excluding carboxylic acids is 2. The minimum absolute atomic E-state index is 0.293. The van der Waals surface area contributed by atoms with Gasteiger partial charge in [-0.15, -0.1) is 0 Å². The van der Waals surface area contributed by atoms with Gasteiger partial charge < -0.3 is 20.3 Å². The van der Waals surface area contributed by atoms with Crippen LogP contribution in [0.2, 0.25) is 0 Å². The molecule has 1 saturated carbocycles. The molecule has 7 nitrogen and oxygen atoms in total. The van der Waals surface area contributed by atoms with E-state index in [1.807, 2.05) is 24.3 Å². The van der Waals surface area contributed by atoms with Crippen molar-refractivity contribution in [3.63, 3.8) is 0 Å². The third kappa shape index (κ3) is 14.0. The number of rotatable bonds is 22. The molecule has 0 heterocycles. The predicted octanol–water partition coefficient (Wildman–Crippen LogP) is 7.34. The molecule has 2 atom stereocenters. The molecule has 1 fully saturated rings. The summed E-state index contributed by atoms with van der Waals surface area (Å²) >= 11 is 0. The summed E-state index contributed by atoms with van der Waals surface area (Å²) in [5.41, 5.74) is -1.17. The molecule has 1 aliphatic carbocycles. The third-order valence-electron chi connectivity index (χ3n) is 8.28. The number of ether oxygens (including phenoxy) is 1. The number of unbranched alkanes of at least 4 members (excludes halogenated alkanes) is 8. The number of nitrogens with one attached hydrogen (secondary N) is 1. The van der Waals surface area contributed by atoms with E-state index >= 15 is 0 Å². The minimum Gasteiger partial charge on any atom is -0.490 e. The Bertz CT molecular complexity index is 949. The van der Waals surface area contributed by atoms with Crippen LogP contribution in [0.3, 0.4) is 0 Å². The van der Waals surface area contributed by atoms with E-state index in [1.165, 1.54) is 44.6 Å². The first-order valence-corrected chi connectivity index (χ1v) is 16.4. The third-order valence-corrected chi connectivity index (χ3v) is 8.28. The first-order valence-electron chi connectivity index (χ1n) is 16.4. The molecule has 0 aliphatic heterocycles. The summed E-state index contributed by atoms with van der Waals surface area (Å²) in [6.45, 7) is 3.68. The lowest BCUT2D eigenvalue weighted by molar-refractivity contribution is -0.163. The van der Waals surface area contributed by atoms with Gasteiger partial charge in [0.2, 0.25) is 5.91 Å². The van der Waals surface area contributed by atoms with Crippen molar-refractivity contribution >= 4 is 17.7 Å². The smallest absolute Gasteiger partial charge is 0.336 e. The summed E-state index contributed by atoms with van der Waals surface area (Å²) in [6, 6.07) is 7.89. The van der Waals surface area contributed by atoms with Gasteiger partial charge in [-0.05, 0) is 82.4 Å². The fraction of sp³-hybridized carbons (Fsp3) is 0.686. The van der Waals surface area contributed by atoms with Gasteiger partial charge in [-0.3, -0.25) is 9.59 Å². The Kier molecular flexibility index (Phi) is 17.1. The number of hydrogen-bond acceptors (Lipinski definition) is 5. The van der Waals surface area contributed by atoms with Gasteiger partial charge >= 0.3 is 5.97 Å². The molecule has 0 spiro atoms. The van der Waals surface area contributed by atoms with Crippen LogP contribution in [-0.2, 0) is 20.8 Å². The quantitative estimate of drug-likeness (QED) is 0.0970. The molecule has 7 heteroatoms. The summed E-state index contributed by atoms with van der Waals surface area (Å²) in [4.78, 5) is 36.6. The zero-order chi connectivity index (χ0) is 30.6.